The molecule has 1 heterocycles. The zero-order valence-electron chi connectivity index (χ0n) is 12.6. The lowest BCUT2D eigenvalue weighted by Gasteiger charge is -2.22. The molecule has 1 atom stereocenters. The molecule has 1 aliphatic rings. The lowest BCUT2D eigenvalue weighted by Crippen LogP contribution is -2.25. The van der Waals surface area contributed by atoms with E-state index in [0.717, 1.165) is 31.6 Å². The second-order valence-electron chi connectivity index (χ2n) is 5.26. The van der Waals surface area contributed by atoms with E-state index in [0.29, 0.717) is 25.5 Å². The first kappa shape index (κ1) is 16.2. The van der Waals surface area contributed by atoms with Crippen molar-refractivity contribution in [3.63, 3.8) is 0 Å². The molecule has 5 heteroatoms. The smallest absolute Gasteiger partial charge is 0.127 e. The second-order valence-corrected chi connectivity index (χ2v) is 5.26. The molecule has 21 heavy (non-hydrogen) atoms. The molecular formula is C16H24FNO3. The molecule has 1 N–H and O–H groups in total. The standard InChI is InChI=1S/C16H24FNO3/c1-19-7-5-18-11-13-8-14(17)10-16(9-13)21-12-15-4-2-3-6-20-15/h8-10,15,18H,2-7,11-12H2,1H3. The van der Waals surface area contributed by atoms with Crippen molar-refractivity contribution in [3.05, 3.63) is 29.6 Å². The van der Waals surface area contributed by atoms with E-state index < -0.39 is 0 Å². The highest BCUT2D eigenvalue weighted by Crippen LogP contribution is 2.19. The van der Waals surface area contributed by atoms with Crippen molar-refractivity contribution in [2.24, 2.45) is 0 Å². The van der Waals surface area contributed by atoms with E-state index in [9.17, 15) is 4.39 Å². The Labute approximate surface area is 125 Å². The average Bonchev–Trinajstić information content (AvgIpc) is 2.50. The highest BCUT2D eigenvalue weighted by Gasteiger charge is 2.14. The molecule has 0 aromatic heterocycles. The van der Waals surface area contributed by atoms with E-state index in [1.807, 2.05) is 6.07 Å². The molecule has 0 spiro atoms. The first-order valence-electron chi connectivity index (χ1n) is 7.51. The highest BCUT2D eigenvalue weighted by atomic mass is 19.1. The van der Waals surface area contributed by atoms with Crippen LogP contribution in [0, 0.1) is 5.82 Å². The normalized spacial score (nSPS) is 18.7. The van der Waals surface area contributed by atoms with Crippen molar-refractivity contribution in [1.82, 2.24) is 5.32 Å². The van der Waals surface area contributed by atoms with Crippen LogP contribution in [0.25, 0.3) is 0 Å². The third kappa shape index (κ3) is 5.99. The van der Waals surface area contributed by atoms with E-state index in [-0.39, 0.29) is 11.9 Å². The van der Waals surface area contributed by atoms with Gasteiger partial charge in [-0.15, -0.1) is 0 Å². The third-order valence-corrected chi connectivity index (χ3v) is 3.45. The van der Waals surface area contributed by atoms with Crippen LogP contribution in [0.15, 0.2) is 18.2 Å². The second kappa shape index (κ2) is 8.97. The summed E-state index contributed by atoms with van der Waals surface area (Å²) in [5, 5.41) is 3.19. The Kier molecular flexibility index (Phi) is 6.92. The Morgan fingerprint density at radius 2 is 2.24 bits per heavy atom. The molecule has 0 aliphatic carbocycles. The Hall–Kier alpha value is -1.17. The largest absolute Gasteiger partial charge is 0.491 e. The number of rotatable bonds is 8. The van der Waals surface area contributed by atoms with Crippen molar-refractivity contribution in [1.29, 1.82) is 0 Å². The van der Waals surface area contributed by atoms with E-state index in [4.69, 9.17) is 14.2 Å². The molecule has 0 bridgehead atoms. The first-order chi connectivity index (χ1) is 10.3. The monoisotopic (exact) mass is 297 g/mol. The molecule has 0 radical (unpaired) electrons. The molecule has 1 saturated heterocycles. The predicted molar refractivity (Wildman–Crippen MR) is 79.1 cm³/mol. The van der Waals surface area contributed by atoms with Crippen LogP contribution >= 0.6 is 0 Å². The summed E-state index contributed by atoms with van der Waals surface area (Å²) in [5.74, 6) is 0.285. The third-order valence-electron chi connectivity index (χ3n) is 3.45. The average molecular weight is 297 g/mol. The number of nitrogens with one attached hydrogen (secondary N) is 1. The van der Waals surface area contributed by atoms with Gasteiger partial charge in [0.05, 0.1) is 12.7 Å². The van der Waals surface area contributed by atoms with Crippen LogP contribution in [0.4, 0.5) is 4.39 Å². The van der Waals surface area contributed by atoms with Crippen LogP contribution in [-0.2, 0) is 16.0 Å². The summed E-state index contributed by atoms with van der Waals surface area (Å²) in [6.07, 6.45) is 3.44. The summed E-state index contributed by atoms with van der Waals surface area (Å²) >= 11 is 0. The maximum Gasteiger partial charge on any atom is 0.127 e. The SMILES string of the molecule is COCCNCc1cc(F)cc(OCC2CCCCO2)c1. The van der Waals surface area contributed by atoms with Gasteiger partial charge in [0.25, 0.3) is 0 Å². The van der Waals surface area contributed by atoms with E-state index in [1.165, 1.54) is 18.6 Å². The summed E-state index contributed by atoms with van der Waals surface area (Å²) in [6, 6.07) is 4.80. The van der Waals surface area contributed by atoms with Gasteiger partial charge in [-0.05, 0) is 37.0 Å². The fourth-order valence-electron chi connectivity index (χ4n) is 2.34. The molecule has 1 aromatic rings. The van der Waals surface area contributed by atoms with Crippen LogP contribution in [0.2, 0.25) is 0 Å². The summed E-state index contributed by atoms with van der Waals surface area (Å²) in [6.45, 7) is 3.25. The number of halogens is 1. The number of methoxy groups -OCH3 is 1. The first-order valence-corrected chi connectivity index (χ1v) is 7.51. The number of benzene rings is 1. The molecule has 2 rings (SSSR count). The topological polar surface area (TPSA) is 39.7 Å². The fraction of sp³-hybridized carbons (Fsp3) is 0.625. The van der Waals surface area contributed by atoms with Crippen molar-refractivity contribution in [3.8, 4) is 5.75 Å². The Morgan fingerprint density at radius 1 is 1.33 bits per heavy atom. The van der Waals surface area contributed by atoms with Gasteiger partial charge in [-0.2, -0.15) is 0 Å². The maximum absolute atomic E-state index is 13.6. The molecule has 1 aliphatic heterocycles. The highest BCUT2D eigenvalue weighted by molar-refractivity contribution is 5.29. The molecule has 1 unspecified atom stereocenters. The summed E-state index contributed by atoms with van der Waals surface area (Å²) in [7, 11) is 1.66. The Bertz CT molecular complexity index is 422. The predicted octanol–water partition coefficient (Wildman–Crippen LogP) is 2.51. The minimum absolute atomic E-state index is 0.130. The molecule has 0 amide bonds. The molecule has 1 fully saturated rings. The van der Waals surface area contributed by atoms with Crippen LogP contribution in [0.5, 0.6) is 5.75 Å². The van der Waals surface area contributed by atoms with Gasteiger partial charge in [0, 0.05) is 32.9 Å². The van der Waals surface area contributed by atoms with Crippen LogP contribution in [0.3, 0.4) is 0 Å². The maximum atomic E-state index is 13.6. The van der Waals surface area contributed by atoms with Gasteiger partial charge in [0.1, 0.15) is 18.2 Å². The molecule has 4 nitrogen and oxygen atoms in total. The van der Waals surface area contributed by atoms with Crippen molar-refractivity contribution < 1.29 is 18.6 Å². The van der Waals surface area contributed by atoms with Gasteiger partial charge in [-0.25, -0.2) is 4.39 Å². The van der Waals surface area contributed by atoms with Gasteiger partial charge < -0.3 is 19.5 Å². The summed E-state index contributed by atoms with van der Waals surface area (Å²) in [5.41, 5.74) is 0.866. The quantitative estimate of drug-likeness (QED) is 0.749. The van der Waals surface area contributed by atoms with Crippen LogP contribution < -0.4 is 10.1 Å². The lowest BCUT2D eigenvalue weighted by molar-refractivity contribution is -0.0111. The molecule has 1 aromatic carbocycles. The summed E-state index contributed by atoms with van der Waals surface area (Å²) < 4.78 is 29.8. The van der Waals surface area contributed by atoms with Crippen LogP contribution in [0.1, 0.15) is 24.8 Å². The van der Waals surface area contributed by atoms with Crippen molar-refractivity contribution in [2.45, 2.75) is 31.9 Å². The summed E-state index contributed by atoms with van der Waals surface area (Å²) in [4.78, 5) is 0. The number of hydrogen-bond donors (Lipinski definition) is 1. The fourth-order valence-corrected chi connectivity index (χ4v) is 2.34. The zero-order valence-corrected chi connectivity index (χ0v) is 12.6. The van der Waals surface area contributed by atoms with Gasteiger partial charge in [-0.3, -0.25) is 0 Å². The van der Waals surface area contributed by atoms with Gasteiger partial charge in [0.2, 0.25) is 0 Å². The molecule has 118 valence electrons. The molecular weight excluding hydrogens is 273 g/mol. The van der Waals surface area contributed by atoms with Crippen molar-refractivity contribution in [2.75, 3.05) is 33.5 Å². The molecule has 0 saturated carbocycles. The van der Waals surface area contributed by atoms with E-state index in [1.54, 1.807) is 7.11 Å². The van der Waals surface area contributed by atoms with Crippen LogP contribution in [-0.4, -0.2) is 39.6 Å². The number of ether oxygens (including phenoxy) is 3. The lowest BCUT2D eigenvalue weighted by atomic mass is 10.1. The van der Waals surface area contributed by atoms with Crippen molar-refractivity contribution >= 4 is 0 Å². The minimum atomic E-state index is -0.277. The Balaban J connectivity index is 1.82. The minimum Gasteiger partial charge on any atom is -0.491 e. The zero-order chi connectivity index (χ0) is 14.9. The van der Waals surface area contributed by atoms with Gasteiger partial charge in [-0.1, -0.05) is 0 Å². The van der Waals surface area contributed by atoms with Gasteiger partial charge >= 0.3 is 0 Å². The van der Waals surface area contributed by atoms with E-state index in [2.05, 4.69) is 5.32 Å². The van der Waals surface area contributed by atoms with Gasteiger partial charge in [0.15, 0.2) is 0 Å². The Morgan fingerprint density at radius 3 is 3.00 bits per heavy atom. The number of hydrogen-bond acceptors (Lipinski definition) is 4. The van der Waals surface area contributed by atoms with E-state index >= 15 is 0 Å².